The summed E-state index contributed by atoms with van der Waals surface area (Å²) in [6.07, 6.45) is 1.89. The third-order valence-corrected chi connectivity index (χ3v) is 6.13. The lowest BCUT2D eigenvalue weighted by Gasteiger charge is -2.29. The molecule has 1 saturated heterocycles. The third-order valence-electron chi connectivity index (χ3n) is 5.74. The monoisotopic (exact) mass is 455 g/mol. The van der Waals surface area contributed by atoms with E-state index in [1.807, 2.05) is 30.3 Å². The van der Waals surface area contributed by atoms with Crippen LogP contribution < -0.4 is 5.56 Å². The van der Waals surface area contributed by atoms with E-state index in [0.29, 0.717) is 40.7 Å². The van der Waals surface area contributed by atoms with E-state index in [2.05, 4.69) is 9.97 Å². The Bertz CT molecular complexity index is 1340. The maximum Gasteiger partial charge on any atom is 0.261 e. The first-order valence-corrected chi connectivity index (χ1v) is 10.8. The number of hydrogen-bond donors (Lipinski definition) is 1. The van der Waals surface area contributed by atoms with Crippen LogP contribution in [0.5, 0.6) is 0 Å². The highest BCUT2D eigenvalue weighted by molar-refractivity contribution is 6.32. The van der Waals surface area contributed by atoms with Gasteiger partial charge in [0.25, 0.3) is 5.56 Å². The van der Waals surface area contributed by atoms with Gasteiger partial charge in [0.2, 0.25) is 0 Å². The predicted molar refractivity (Wildman–Crippen MR) is 121 cm³/mol. The van der Waals surface area contributed by atoms with Gasteiger partial charge in [-0.15, -0.1) is 0 Å². The normalized spacial score (nSPS) is 19.2. The number of ether oxygens (including phenoxy) is 1. The molecule has 1 aliphatic heterocycles. The summed E-state index contributed by atoms with van der Waals surface area (Å²) in [7, 11) is 0. The summed E-state index contributed by atoms with van der Waals surface area (Å²) in [6.45, 7) is 0.709. The van der Waals surface area contributed by atoms with Gasteiger partial charge < -0.3 is 9.84 Å². The van der Waals surface area contributed by atoms with Gasteiger partial charge in [-0.05, 0) is 47.6 Å². The van der Waals surface area contributed by atoms with Gasteiger partial charge in [0.15, 0.2) is 0 Å². The summed E-state index contributed by atoms with van der Waals surface area (Å²) in [5.74, 6) is 0. The highest BCUT2D eigenvalue weighted by Gasteiger charge is 2.27. The second-order valence-electron chi connectivity index (χ2n) is 7.73. The van der Waals surface area contributed by atoms with Crippen molar-refractivity contribution in [1.82, 2.24) is 14.5 Å². The molecular weight excluding hydrogens is 437 g/mol. The Balaban J connectivity index is 1.71. The minimum atomic E-state index is -0.744. The molecule has 6 nitrogen and oxygen atoms in total. The third kappa shape index (κ3) is 3.81. The van der Waals surface area contributed by atoms with E-state index in [-0.39, 0.29) is 18.2 Å². The quantitative estimate of drug-likeness (QED) is 0.370. The average Bonchev–Trinajstić information content (AvgIpc) is 2.75. The van der Waals surface area contributed by atoms with Crippen molar-refractivity contribution in [2.45, 2.75) is 25.0 Å². The van der Waals surface area contributed by atoms with Crippen LogP contribution in [0.25, 0.3) is 21.7 Å². The Morgan fingerprint density at radius 1 is 1.10 bits per heavy atom. The Labute approximate surface area is 188 Å². The molecule has 31 heavy (non-hydrogen) atoms. The highest BCUT2D eigenvalue weighted by Crippen LogP contribution is 2.29. The number of halogens is 2. The van der Waals surface area contributed by atoms with Crippen molar-refractivity contribution in [3.8, 4) is 0 Å². The summed E-state index contributed by atoms with van der Waals surface area (Å²) in [5, 5.41) is 13.4. The highest BCUT2D eigenvalue weighted by atomic mass is 35.5. The molecule has 2 aromatic heterocycles. The van der Waals surface area contributed by atoms with E-state index < -0.39 is 6.10 Å². The van der Waals surface area contributed by atoms with Gasteiger partial charge in [0, 0.05) is 12.0 Å². The molecule has 0 bridgehead atoms. The molecule has 158 valence electrons. The zero-order chi connectivity index (χ0) is 21.5. The first-order valence-electron chi connectivity index (χ1n) is 10.0. The van der Waals surface area contributed by atoms with Crippen LogP contribution in [0.3, 0.4) is 0 Å². The van der Waals surface area contributed by atoms with Crippen LogP contribution in [0.15, 0.2) is 53.6 Å². The average molecular weight is 456 g/mol. The minimum absolute atomic E-state index is 0.172. The van der Waals surface area contributed by atoms with Crippen molar-refractivity contribution in [1.29, 1.82) is 0 Å². The zero-order valence-electron chi connectivity index (χ0n) is 16.5. The van der Waals surface area contributed by atoms with Crippen LogP contribution in [0.2, 0.25) is 10.3 Å². The second-order valence-corrected chi connectivity index (χ2v) is 8.50. The molecular formula is C23H19Cl2N3O3. The van der Waals surface area contributed by atoms with Gasteiger partial charge in [0.1, 0.15) is 10.3 Å². The molecule has 0 saturated carbocycles. The molecule has 1 fully saturated rings. The lowest BCUT2D eigenvalue weighted by Crippen LogP contribution is -2.39. The molecule has 3 heterocycles. The smallest absolute Gasteiger partial charge is 0.261 e. The molecule has 1 aliphatic rings. The van der Waals surface area contributed by atoms with Gasteiger partial charge in [-0.2, -0.15) is 0 Å². The molecule has 0 unspecified atom stereocenters. The van der Waals surface area contributed by atoms with Gasteiger partial charge in [0.05, 0.1) is 36.0 Å². The molecule has 0 spiro atoms. The van der Waals surface area contributed by atoms with E-state index in [1.54, 1.807) is 18.5 Å². The Morgan fingerprint density at radius 3 is 2.58 bits per heavy atom. The Morgan fingerprint density at radius 2 is 1.84 bits per heavy atom. The maximum absolute atomic E-state index is 13.4. The van der Waals surface area contributed by atoms with Crippen molar-refractivity contribution in [3.63, 3.8) is 0 Å². The molecule has 4 aromatic rings. The predicted octanol–water partition coefficient (Wildman–Crippen LogP) is 4.16. The number of hydrogen-bond acceptors (Lipinski definition) is 5. The van der Waals surface area contributed by atoms with Crippen LogP contribution in [-0.2, 0) is 11.2 Å². The van der Waals surface area contributed by atoms with E-state index in [4.69, 9.17) is 27.9 Å². The number of benzene rings is 2. The lowest BCUT2D eigenvalue weighted by molar-refractivity contribution is -0.0395. The van der Waals surface area contributed by atoms with Crippen molar-refractivity contribution in [2.75, 3.05) is 13.2 Å². The van der Waals surface area contributed by atoms with Gasteiger partial charge in [-0.1, -0.05) is 47.5 Å². The number of rotatable bonds is 3. The minimum Gasteiger partial charge on any atom is -0.389 e. The summed E-state index contributed by atoms with van der Waals surface area (Å²) < 4.78 is 6.85. The zero-order valence-corrected chi connectivity index (χ0v) is 18.0. The van der Waals surface area contributed by atoms with Crippen LogP contribution in [0.4, 0.5) is 0 Å². The van der Waals surface area contributed by atoms with E-state index in [0.717, 1.165) is 21.9 Å². The molecule has 2 aromatic carbocycles. The maximum atomic E-state index is 13.4. The fourth-order valence-corrected chi connectivity index (χ4v) is 4.81. The summed E-state index contributed by atoms with van der Waals surface area (Å²) in [5.41, 5.74) is 2.34. The SMILES string of the molecule is O=c1c2cc(Cc3cc(Cl)nc(Cl)c3)c3ccccc3c2ncn1[C@H]1CCOC[C@@H]1O. The van der Waals surface area contributed by atoms with Crippen molar-refractivity contribution in [3.05, 3.63) is 80.6 Å². The van der Waals surface area contributed by atoms with Crippen LogP contribution >= 0.6 is 23.2 Å². The van der Waals surface area contributed by atoms with Crippen LogP contribution in [0.1, 0.15) is 23.6 Å². The molecule has 8 heteroatoms. The number of aliphatic hydroxyl groups excluding tert-OH is 1. The molecule has 0 amide bonds. The number of aromatic nitrogens is 3. The van der Waals surface area contributed by atoms with Crippen LogP contribution in [-0.4, -0.2) is 39.0 Å². The standard InChI is InChI=1S/C23H19Cl2N3O3/c24-20-8-13(9-21(25)27-20)7-14-10-17-22(16-4-2-1-3-15(14)16)26-12-28(23(17)30)18-5-6-31-11-19(18)29/h1-4,8-10,12,18-19,29H,5-7,11H2/t18-,19-/m0/s1. The van der Waals surface area contributed by atoms with Crippen molar-refractivity contribution >= 4 is 44.9 Å². The Hall–Kier alpha value is -2.51. The van der Waals surface area contributed by atoms with Crippen molar-refractivity contribution in [2.24, 2.45) is 0 Å². The number of fused-ring (bicyclic) bond motifs is 3. The van der Waals surface area contributed by atoms with E-state index in [9.17, 15) is 9.90 Å². The number of pyridine rings is 1. The fraction of sp³-hybridized carbons (Fsp3) is 0.261. The Kier molecular flexibility index (Phi) is 5.40. The largest absolute Gasteiger partial charge is 0.389 e. The van der Waals surface area contributed by atoms with Gasteiger partial charge >= 0.3 is 0 Å². The van der Waals surface area contributed by atoms with E-state index >= 15 is 0 Å². The van der Waals surface area contributed by atoms with Gasteiger partial charge in [-0.3, -0.25) is 9.36 Å². The summed E-state index contributed by atoms with van der Waals surface area (Å²) in [6, 6.07) is 12.9. The molecule has 2 atom stereocenters. The molecule has 0 aliphatic carbocycles. The first kappa shape index (κ1) is 20.4. The number of nitrogens with zero attached hydrogens (tertiary/aromatic N) is 3. The van der Waals surface area contributed by atoms with Crippen LogP contribution in [0, 0.1) is 0 Å². The van der Waals surface area contributed by atoms with E-state index in [1.165, 1.54) is 4.57 Å². The van der Waals surface area contributed by atoms with Gasteiger partial charge in [-0.25, -0.2) is 9.97 Å². The second kappa shape index (κ2) is 8.20. The molecule has 5 rings (SSSR count). The number of aliphatic hydroxyl groups is 1. The first-order chi connectivity index (χ1) is 15.0. The molecule has 0 radical (unpaired) electrons. The fourth-order valence-electron chi connectivity index (χ4n) is 4.30. The topological polar surface area (TPSA) is 77.2 Å². The van der Waals surface area contributed by atoms with Crippen molar-refractivity contribution < 1.29 is 9.84 Å². The summed E-state index contributed by atoms with van der Waals surface area (Å²) >= 11 is 12.2. The summed E-state index contributed by atoms with van der Waals surface area (Å²) in [4.78, 5) is 22.1. The lowest BCUT2D eigenvalue weighted by atomic mass is 9.96. The molecule has 1 N–H and O–H groups in total.